The van der Waals surface area contributed by atoms with Crippen molar-refractivity contribution in [3.05, 3.63) is 29.8 Å². The number of piperidine rings is 1. The zero-order chi connectivity index (χ0) is 15.3. The first-order valence-corrected chi connectivity index (χ1v) is 8.06. The fraction of sp³-hybridized carbons (Fsp3) is 0.611. The summed E-state index contributed by atoms with van der Waals surface area (Å²) >= 11 is 0. The number of benzene rings is 1. The van der Waals surface area contributed by atoms with Crippen LogP contribution in [0.3, 0.4) is 0 Å². The Morgan fingerprint density at radius 3 is 2.38 bits per heavy atom. The van der Waals surface area contributed by atoms with Crippen LogP contribution >= 0.6 is 0 Å². The smallest absolute Gasteiger partial charge is 0.0766 e. The Balaban J connectivity index is 1.89. The van der Waals surface area contributed by atoms with Crippen molar-refractivity contribution in [2.75, 3.05) is 25.0 Å². The average Bonchev–Trinajstić information content (AvgIpc) is 2.50. The van der Waals surface area contributed by atoms with Gasteiger partial charge in [0.2, 0.25) is 0 Å². The van der Waals surface area contributed by atoms with E-state index in [1.54, 1.807) is 0 Å². The molecular weight excluding hydrogens is 258 g/mol. The molecule has 0 amide bonds. The Bertz CT molecular complexity index is 476. The van der Waals surface area contributed by atoms with E-state index in [4.69, 9.17) is 0 Å². The minimum atomic E-state index is -0.413. The summed E-state index contributed by atoms with van der Waals surface area (Å²) in [4.78, 5) is 2.55. The number of nitriles is 1. The third-order valence-electron chi connectivity index (χ3n) is 4.38. The number of hydrogen-bond acceptors (Lipinski definition) is 3. The van der Waals surface area contributed by atoms with Gasteiger partial charge < -0.3 is 10.2 Å². The van der Waals surface area contributed by atoms with E-state index in [0.29, 0.717) is 6.04 Å². The van der Waals surface area contributed by atoms with Crippen LogP contribution < -0.4 is 5.32 Å². The predicted octanol–water partition coefficient (Wildman–Crippen LogP) is 3.77. The SMILES string of the molecule is CCCN1CCC(Nc2ccc(C(C)(C)C#N)cc2)CC1. The minimum absolute atomic E-state index is 0.413. The first-order chi connectivity index (χ1) is 10.0. The van der Waals surface area contributed by atoms with E-state index in [-0.39, 0.29) is 0 Å². The molecule has 0 atom stereocenters. The highest BCUT2D eigenvalue weighted by Gasteiger charge is 2.20. The first-order valence-electron chi connectivity index (χ1n) is 8.06. The molecule has 1 aliphatic heterocycles. The van der Waals surface area contributed by atoms with Crippen molar-refractivity contribution >= 4 is 5.69 Å². The van der Waals surface area contributed by atoms with Crippen molar-refractivity contribution < 1.29 is 0 Å². The van der Waals surface area contributed by atoms with Crippen LogP contribution in [-0.4, -0.2) is 30.6 Å². The van der Waals surface area contributed by atoms with Crippen molar-refractivity contribution in [1.29, 1.82) is 5.26 Å². The topological polar surface area (TPSA) is 39.1 Å². The molecule has 1 N–H and O–H groups in total. The van der Waals surface area contributed by atoms with Crippen LogP contribution in [0.15, 0.2) is 24.3 Å². The van der Waals surface area contributed by atoms with Crippen LogP contribution in [0.5, 0.6) is 0 Å². The summed E-state index contributed by atoms with van der Waals surface area (Å²) in [6.07, 6.45) is 3.67. The van der Waals surface area contributed by atoms with Crippen molar-refractivity contribution in [3.8, 4) is 6.07 Å². The lowest BCUT2D eigenvalue weighted by molar-refractivity contribution is 0.219. The van der Waals surface area contributed by atoms with Crippen LogP contribution in [0.2, 0.25) is 0 Å². The average molecular weight is 285 g/mol. The standard InChI is InChI=1S/C18H27N3/c1-4-11-21-12-9-17(10-13-21)20-16-7-5-15(6-8-16)18(2,3)14-19/h5-8,17,20H,4,9-13H2,1-3H3. The van der Waals surface area contributed by atoms with Gasteiger partial charge in [0.15, 0.2) is 0 Å². The Morgan fingerprint density at radius 1 is 1.24 bits per heavy atom. The molecule has 1 aliphatic rings. The second-order valence-corrected chi connectivity index (χ2v) is 6.57. The van der Waals surface area contributed by atoms with Gasteiger partial charge in [-0.25, -0.2) is 0 Å². The number of hydrogen-bond donors (Lipinski definition) is 1. The van der Waals surface area contributed by atoms with E-state index in [0.717, 1.165) is 5.56 Å². The van der Waals surface area contributed by atoms with Gasteiger partial charge in [0.1, 0.15) is 0 Å². The van der Waals surface area contributed by atoms with Crippen LogP contribution in [0.4, 0.5) is 5.69 Å². The molecule has 1 fully saturated rings. The van der Waals surface area contributed by atoms with Crippen molar-refractivity contribution in [2.24, 2.45) is 0 Å². The molecule has 1 saturated heterocycles. The lowest BCUT2D eigenvalue weighted by Crippen LogP contribution is -2.39. The largest absolute Gasteiger partial charge is 0.382 e. The summed E-state index contributed by atoms with van der Waals surface area (Å²) in [5, 5.41) is 12.8. The van der Waals surface area contributed by atoms with E-state index in [2.05, 4.69) is 47.5 Å². The lowest BCUT2D eigenvalue weighted by Gasteiger charge is -2.32. The van der Waals surface area contributed by atoms with Crippen LogP contribution in [0.1, 0.15) is 45.6 Å². The van der Waals surface area contributed by atoms with E-state index in [9.17, 15) is 5.26 Å². The molecule has 1 aromatic carbocycles. The van der Waals surface area contributed by atoms with Crippen molar-refractivity contribution in [3.63, 3.8) is 0 Å². The van der Waals surface area contributed by atoms with Gasteiger partial charge in [0, 0.05) is 24.8 Å². The third kappa shape index (κ3) is 4.22. The quantitative estimate of drug-likeness (QED) is 0.895. The maximum Gasteiger partial charge on any atom is 0.0766 e. The Labute approximate surface area is 129 Å². The van der Waals surface area contributed by atoms with Gasteiger partial charge in [0.25, 0.3) is 0 Å². The normalized spacial score (nSPS) is 17.4. The highest BCUT2D eigenvalue weighted by Crippen LogP contribution is 2.24. The second kappa shape index (κ2) is 6.95. The highest BCUT2D eigenvalue weighted by molar-refractivity contribution is 5.47. The maximum atomic E-state index is 9.18. The Morgan fingerprint density at radius 2 is 1.86 bits per heavy atom. The van der Waals surface area contributed by atoms with Gasteiger partial charge >= 0.3 is 0 Å². The summed E-state index contributed by atoms with van der Waals surface area (Å²) < 4.78 is 0. The molecular formula is C18H27N3. The number of anilines is 1. The van der Waals surface area contributed by atoms with Crippen molar-refractivity contribution in [1.82, 2.24) is 4.90 Å². The molecule has 0 spiro atoms. The molecule has 1 heterocycles. The zero-order valence-electron chi connectivity index (χ0n) is 13.5. The lowest BCUT2D eigenvalue weighted by atomic mass is 9.86. The van der Waals surface area contributed by atoms with Crippen molar-refractivity contribution in [2.45, 2.75) is 51.5 Å². The van der Waals surface area contributed by atoms with E-state index in [1.807, 2.05) is 13.8 Å². The molecule has 1 aromatic rings. The summed E-state index contributed by atoms with van der Waals surface area (Å²) in [6, 6.07) is 11.3. The molecule has 0 aromatic heterocycles. The summed E-state index contributed by atoms with van der Waals surface area (Å²) in [7, 11) is 0. The van der Waals surface area contributed by atoms with Gasteiger partial charge in [-0.2, -0.15) is 5.26 Å². The predicted molar refractivity (Wildman–Crippen MR) is 88.5 cm³/mol. The number of rotatable bonds is 5. The molecule has 114 valence electrons. The molecule has 0 unspecified atom stereocenters. The number of nitrogens with zero attached hydrogens (tertiary/aromatic N) is 2. The second-order valence-electron chi connectivity index (χ2n) is 6.57. The van der Waals surface area contributed by atoms with Gasteiger partial charge in [0.05, 0.1) is 11.5 Å². The van der Waals surface area contributed by atoms with Gasteiger partial charge in [-0.15, -0.1) is 0 Å². The molecule has 0 aliphatic carbocycles. The molecule has 0 bridgehead atoms. The first kappa shape index (κ1) is 15.9. The molecule has 2 rings (SSSR count). The van der Waals surface area contributed by atoms with Crippen LogP contribution in [-0.2, 0) is 5.41 Å². The van der Waals surface area contributed by atoms with Gasteiger partial charge in [-0.1, -0.05) is 19.1 Å². The monoisotopic (exact) mass is 285 g/mol. The molecule has 3 nitrogen and oxygen atoms in total. The third-order valence-corrected chi connectivity index (χ3v) is 4.38. The summed E-state index contributed by atoms with van der Waals surface area (Å²) in [6.45, 7) is 9.78. The minimum Gasteiger partial charge on any atom is -0.382 e. The maximum absolute atomic E-state index is 9.18. The van der Waals surface area contributed by atoms with E-state index < -0.39 is 5.41 Å². The Hall–Kier alpha value is -1.53. The van der Waals surface area contributed by atoms with E-state index in [1.165, 1.54) is 44.6 Å². The van der Waals surface area contributed by atoms with Crippen LogP contribution in [0, 0.1) is 11.3 Å². The summed E-state index contributed by atoms with van der Waals surface area (Å²) in [5.74, 6) is 0. The van der Waals surface area contributed by atoms with Gasteiger partial charge in [-0.05, 0) is 57.4 Å². The molecule has 3 heteroatoms. The Kier molecular flexibility index (Phi) is 5.25. The molecule has 0 radical (unpaired) electrons. The molecule has 21 heavy (non-hydrogen) atoms. The highest BCUT2D eigenvalue weighted by atomic mass is 15.1. The zero-order valence-corrected chi connectivity index (χ0v) is 13.5. The fourth-order valence-electron chi connectivity index (χ4n) is 2.90. The summed E-state index contributed by atoms with van der Waals surface area (Å²) in [5.41, 5.74) is 1.83. The number of nitrogens with one attached hydrogen (secondary N) is 1. The van der Waals surface area contributed by atoms with Gasteiger partial charge in [-0.3, -0.25) is 0 Å². The molecule has 0 saturated carbocycles. The number of likely N-dealkylation sites (tertiary alicyclic amines) is 1. The van der Waals surface area contributed by atoms with E-state index >= 15 is 0 Å². The fourth-order valence-corrected chi connectivity index (χ4v) is 2.90. The van der Waals surface area contributed by atoms with Crippen LogP contribution in [0.25, 0.3) is 0 Å².